The molecule has 2 saturated heterocycles. The molecule has 28 heavy (non-hydrogen) atoms. The lowest BCUT2D eigenvalue weighted by Crippen LogP contribution is -2.55. The van der Waals surface area contributed by atoms with Crippen LogP contribution in [0.5, 0.6) is 0 Å². The van der Waals surface area contributed by atoms with Crippen LogP contribution in [0.25, 0.3) is 0 Å². The second-order valence-corrected chi connectivity index (χ2v) is 7.99. The molecule has 3 rings (SSSR count). The molecule has 2 heterocycles. The Labute approximate surface area is 166 Å². The topological polar surface area (TPSA) is 61.9 Å². The van der Waals surface area contributed by atoms with E-state index >= 15 is 0 Å². The fourth-order valence-electron chi connectivity index (χ4n) is 4.38. The summed E-state index contributed by atoms with van der Waals surface area (Å²) in [6.45, 7) is 4.11. The van der Waals surface area contributed by atoms with E-state index in [-0.39, 0.29) is 29.6 Å². The number of carbonyl (C=O) groups excluding carboxylic acids is 2. The van der Waals surface area contributed by atoms with Gasteiger partial charge in [0, 0.05) is 50.7 Å². The van der Waals surface area contributed by atoms with E-state index in [4.69, 9.17) is 4.74 Å². The summed E-state index contributed by atoms with van der Waals surface area (Å²) in [5, 5.41) is 2.82. The number of ether oxygens (including phenoxy) is 1. The first-order valence-corrected chi connectivity index (χ1v) is 10.0. The number of hydrogen-bond donors (Lipinski definition) is 1. The molecule has 0 radical (unpaired) electrons. The number of likely N-dealkylation sites (tertiary alicyclic amines) is 2. The second kappa shape index (κ2) is 9.47. The van der Waals surface area contributed by atoms with Gasteiger partial charge in [-0.25, -0.2) is 4.39 Å². The number of nitrogens with one attached hydrogen (secondary N) is 1. The van der Waals surface area contributed by atoms with Gasteiger partial charge in [-0.2, -0.15) is 0 Å². The fraction of sp³-hybridized carbons (Fsp3) is 0.619. The largest absolute Gasteiger partial charge is 0.383 e. The average Bonchev–Trinajstić information content (AvgIpc) is 2.68. The number of rotatable bonds is 7. The van der Waals surface area contributed by atoms with Crippen molar-refractivity contribution in [3.8, 4) is 0 Å². The van der Waals surface area contributed by atoms with Crippen LogP contribution in [-0.4, -0.2) is 68.1 Å². The van der Waals surface area contributed by atoms with Crippen LogP contribution < -0.4 is 5.32 Å². The Kier molecular flexibility index (Phi) is 7.02. The summed E-state index contributed by atoms with van der Waals surface area (Å²) in [7, 11) is 1.65. The van der Waals surface area contributed by atoms with Gasteiger partial charge in [0.25, 0.3) is 0 Å². The Hall–Kier alpha value is -1.99. The van der Waals surface area contributed by atoms with E-state index in [2.05, 4.69) is 10.2 Å². The average molecular weight is 391 g/mol. The highest BCUT2D eigenvalue weighted by atomic mass is 19.1. The molecule has 0 bridgehead atoms. The van der Waals surface area contributed by atoms with Gasteiger partial charge in [0.15, 0.2) is 0 Å². The zero-order chi connectivity index (χ0) is 20.0. The summed E-state index contributed by atoms with van der Waals surface area (Å²) in [6, 6.07) is 6.48. The van der Waals surface area contributed by atoms with Crippen LogP contribution in [-0.2, 0) is 20.9 Å². The molecule has 2 amide bonds. The third-order valence-corrected chi connectivity index (χ3v) is 5.86. The maximum Gasteiger partial charge on any atom is 0.234 e. The van der Waals surface area contributed by atoms with Crippen LogP contribution in [0.2, 0.25) is 0 Å². The molecular weight excluding hydrogens is 361 g/mol. The lowest BCUT2D eigenvalue weighted by Gasteiger charge is -2.48. The minimum atomic E-state index is -0.303. The highest BCUT2D eigenvalue weighted by molar-refractivity contribution is 5.78. The molecule has 2 aliphatic heterocycles. The van der Waals surface area contributed by atoms with Crippen LogP contribution in [0.1, 0.15) is 31.2 Å². The standard InChI is InChI=1S/C21H30FN3O3/c1-28-12-11-25-16-21(9-7-20(25)27)8-4-10-24(15-21)14-19(26)23-13-17-5-2-3-6-18(17)22/h2-3,5-6H,4,7-16H2,1H3,(H,23,26). The number of benzene rings is 1. The lowest BCUT2D eigenvalue weighted by atomic mass is 9.73. The first-order chi connectivity index (χ1) is 13.5. The quantitative estimate of drug-likeness (QED) is 0.770. The molecule has 1 aromatic rings. The van der Waals surface area contributed by atoms with Gasteiger partial charge < -0.3 is 15.0 Å². The van der Waals surface area contributed by atoms with E-state index in [1.165, 1.54) is 6.07 Å². The number of methoxy groups -OCH3 is 1. The smallest absolute Gasteiger partial charge is 0.234 e. The molecule has 6 nitrogen and oxygen atoms in total. The Morgan fingerprint density at radius 2 is 2.11 bits per heavy atom. The number of amides is 2. The number of piperidine rings is 2. The first kappa shape index (κ1) is 20.7. The summed E-state index contributed by atoms with van der Waals surface area (Å²) in [5.41, 5.74) is 0.552. The predicted molar refractivity (Wildman–Crippen MR) is 104 cm³/mol. The van der Waals surface area contributed by atoms with Crippen LogP contribution in [0, 0.1) is 11.2 Å². The molecule has 154 valence electrons. The molecular formula is C21H30FN3O3. The molecule has 0 aromatic heterocycles. The van der Waals surface area contributed by atoms with Gasteiger partial charge in [-0.1, -0.05) is 18.2 Å². The minimum Gasteiger partial charge on any atom is -0.383 e. The van der Waals surface area contributed by atoms with Gasteiger partial charge in [-0.3, -0.25) is 14.5 Å². The molecule has 2 fully saturated rings. The molecule has 0 aliphatic carbocycles. The molecule has 2 aliphatic rings. The SMILES string of the molecule is COCCN1CC2(CCCN(CC(=O)NCc3ccccc3F)C2)CCC1=O. The summed E-state index contributed by atoms with van der Waals surface area (Å²) in [4.78, 5) is 28.6. The van der Waals surface area contributed by atoms with E-state index in [1.807, 2.05) is 4.90 Å². The van der Waals surface area contributed by atoms with Crippen molar-refractivity contribution in [1.29, 1.82) is 0 Å². The minimum absolute atomic E-state index is 0.0612. The van der Waals surface area contributed by atoms with E-state index in [9.17, 15) is 14.0 Å². The van der Waals surface area contributed by atoms with Gasteiger partial charge in [0.05, 0.1) is 13.2 Å². The van der Waals surface area contributed by atoms with Crippen molar-refractivity contribution >= 4 is 11.8 Å². The van der Waals surface area contributed by atoms with Crippen LogP contribution >= 0.6 is 0 Å². The van der Waals surface area contributed by atoms with Crippen molar-refractivity contribution in [2.24, 2.45) is 5.41 Å². The summed E-state index contributed by atoms with van der Waals surface area (Å²) in [6.07, 6.45) is 3.55. The van der Waals surface area contributed by atoms with E-state index < -0.39 is 0 Å². The maximum absolute atomic E-state index is 13.7. The number of carbonyl (C=O) groups is 2. The van der Waals surface area contributed by atoms with E-state index in [0.717, 1.165) is 38.9 Å². The van der Waals surface area contributed by atoms with Gasteiger partial charge in [-0.15, -0.1) is 0 Å². The van der Waals surface area contributed by atoms with Crippen molar-refractivity contribution in [3.05, 3.63) is 35.6 Å². The summed E-state index contributed by atoms with van der Waals surface area (Å²) in [5.74, 6) is -0.200. The van der Waals surface area contributed by atoms with Crippen molar-refractivity contribution in [2.75, 3.05) is 46.4 Å². The normalized spacial score (nSPS) is 23.2. The highest BCUT2D eigenvalue weighted by Crippen LogP contribution is 2.38. The third-order valence-electron chi connectivity index (χ3n) is 5.86. The summed E-state index contributed by atoms with van der Waals surface area (Å²) >= 11 is 0. The molecule has 7 heteroatoms. The van der Waals surface area contributed by atoms with Gasteiger partial charge in [0.2, 0.25) is 11.8 Å². The molecule has 0 saturated carbocycles. The van der Waals surface area contributed by atoms with Crippen molar-refractivity contribution in [3.63, 3.8) is 0 Å². The molecule has 1 N–H and O–H groups in total. The number of halogens is 1. The lowest BCUT2D eigenvalue weighted by molar-refractivity contribution is -0.141. The number of nitrogens with zero attached hydrogens (tertiary/aromatic N) is 2. The molecule has 1 spiro atoms. The Morgan fingerprint density at radius 3 is 2.89 bits per heavy atom. The first-order valence-electron chi connectivity index (χ1n) is 10.0. The number of hydrogen-bond acceptors (Lipinski definition) is 4. The van der Waals surface area contributed by atoms with E-state index in [0.29, 0.717) is 31.7 Å². The van der Waals surface area contributed by atoms with Crippen molar-refractivity contribution < 1.29 is 18.7 Å². The molecule has 1 atom stereocenters. The summed E-state index contributed by atoms with van der Waals surface area (Å²) < 4.78 is 18.8. The third kappa shape index (κ3) is 5.29. The maximum atomic E-state index is 13.7. The monoisotopic (exact) mass is 391 g/mol. The molecule has 1 unspecified atom stereocenters. The van der Waals surface area contributed by atoms with Crippen molar-refractivity contribution in [2.45, 2.75) is 32.2 Å². The van der Waals surface area contributed by atoms with Gasteiger partial charge in [0.1, 0.15) is 5.82 Å². The van der Waals surface area contributed by atoms with Crippen LogP contribution in [0.15, 0.2) is 24.3 Å². The predicted octanol–water partition coefficient (Wildman–Crippen LogP) is 1.79. The molecule has 1 aromatic carbocycles. The van der Waals surface area contributed by atoms with Gasteiger partial charge >= 0.3 is 0 Å². The van der Waals surface area contributed by atoms with Gasteiger partial charge in [-0.05, 0) is 31.9 Å². The highest BCUT2D eigenvalue weighted by Gasteiger charge is 2.41. The Balaban J connectivity index is 1.52. The Morgan fingerprint density at radius 1 is 1.29 bits per heavy atom. The second-order valence-electron chi connectivity index (χ2n) is 7.99. The van der Waals surface area contributed by atoms with Crippen LogP contribution in [0.4, 0.5) is 4.39 Å². The zero-order valence-corrected chi connectivity index (χ0v) is 16.6. The fourth-order valence-corrected chi connectivity index (χ4v) is 4.38. The van der Waals surface area contributed by atoms with Crippen molar-refractivity contribution in [1.82, 2.24) is 15.1 Å². The van der Waals surface area contributed by atoms with E-state index in [1.54, 1.807) is 25.3 Å². The zero-order valence-electron chi connectivity index (χ0n) is 16.6. The van der Waals surface area contributed by atoms with Crippen LogP contribution in [0.3, 0.4) is 0 Å². The Bertz CT molecular complexity index is 699.